The van der Waals surface area contributed by atoms with Crippen molar-refractivity contribution in [3.63, 3.8) is 0 Å². The second kappa shape index (κ2) is 6.64. The molecule has 8 heteroatoms. The number of anilines is 1. The lowest BCUT2D eigenvalue weighted by atomic mass is 10.2. The van der Waals surface area contributed by atoms with Gasteiger partial charge in [-0.25, -0.2) is 9.78 Å². The first-order valence-corrected chi connectivity index (χ1v) is 5.72. The lowest BCUT2D eigenvalue weighted by Crippen LogP contribution is -2.11. The van der Waals surface area contributed by atoms with E-state index in [1.165, 1.54) is 0 Å². The monoisotopic (exact) mass is 269 g/mol. The molecular weight excluding hydrogens is 254 g/mol. The first kappa shape index (κ1) is 14.8. The number of hydrogen-bond donors (Lipinski definition) is 3. The number of hydrogen-bond acceptors (Lipinski definition) is 6. The second-order valence-electron chi connectivity index (χ2n) is 4.04. The normalized spacial score (nSPS) is 11.9. The van der Waals surface area contributed by atoms with Crippen LogP contribution in [-0.4, -0.2) is 38.7 Å². The second-order valence-corrected chi connectivity index (χ2v) is 4.04. The summed E-state index contributed by atoms with van der Waals surface area (Å²) in [5.74, 6) is -1.32. The molecule has 1 aromatic rings. The van der Waals surface area contributed by atoms with Gasteiger partial charge in [0.15, 0.2) is 5.69 Å². The van der Waals surface area contributed by atoms with Crippen molar-refractivity contribution in [2.75, 3.05) is 11.9 Å². The molecule has 0 fully saturated rings. The maximum atomic E-state index is 10.8. The van der Waals surface area contributed by atoms with Gasteiger partial charge in [-0.1, -0.05) is 0 Å². The van der Waals surface area contributed by atoms with E-state index in [0.717, 1.165) is 12.1 Å². The number of carbonyl (C=O) groups is 1. The first-order chi connectivity index (χ1) is 8.91. The smallest absolute Gasteiger partial charge is 0.354 e. The van der Waals surface area contributed by atoms with Crippen LogP contribution in [0.1, 0.15) is 30.3 Å². The van der Waals surface area contributed by atoms with Gasteiger partial charge in [0.25, 0.3) is 0 Å². The molecule has 0 aliphatic heterocycles. The van der Waals surface area contributed by atoms with Crippen LogP contribution in [-0.2, 0) is 0 Å². The molecule has 0 spiro atoms. The molecule has 0 bridgehead atoms. The van der Waals surface area contributed by atoms with Crippen LogP contribution in [0.3, 0.4) is 0 Å². The highest BCUT2D eigenvalue weighted by molar-refractivity contribution is 5.86. The van der Waals surface area contributed by atoms with Crippen molar-refractivity contribution in [1.82, 2.24) is 4.98 Å². The molecule has 0 saturated carbocycles. The van der Waals surface area contributed by atoms with E-state index >= 15 is 0 Å². The molecule has 0 radical (unpaired) electrons. The molecule has 1 aromatic heterocycles. The van der Waals surface area contributed by atoms with Crippen LogP contribution >= 0.6 is 0 Å². The van der Waals surface area contributed by atoms with Crippen molar-refractivity contribution in [1.29, 1.82) is 0 Å². The third-order valence-electron chi connectivity index (χ3n) is 2.38. The zero-order chi connectivity index (χ0) is 14.4. The minimum atomic E-state index is -1.25. The molecule has 104 valence electrons. The van der Waals surface area contributed by atoms with E-state index in [9.17, 15) is 14.9 Å². The summed E-state index contributed by atoms with van der Waals surface area (Å²) in [6.07, 6.45) is 0.683. The summed E-state index contributed by atoms with van der Waals surface area (Å²) in [7, 11) is 0. The number of aliphatic hydroxyl groups excluding tert-OH is 1. The maximum absolute atomic E-state index is 10.8. The fraction of sp³-hybridized carbons (Fsp3) is 0.455. The first-order valence-electron chi connectivity index (χ1n) is 5.72. The molecule has 8 nitrogen and oxygen atoms in total. The molecule has 19 heavy (non-hydrogen) atoms. The number of nitro groups is 1. The van der Waals surface area contributed by atoms with E-state index < -0.39 is 17.0 Å². The van der Waals surface area contributed by atoms with E-state index in [1.54, 1.807) is 6.92 Å². The van der Waals surface area contributed by atoms with Gasteiger partial charge in [-0.2, -0.15) is 0 Å². The summed E-state index contributed by atoms with van der Waals surface area (Å²) in [6, 6.07) is 2.19. The third-order valence-corrected chi connectivity index (χ3v) is 2.38. The molecule has 1 unspecified atom stereocenters. The highest BCUT2D eigenvalue weighted by atomic mass is 16.6. The Kier molecular flexibility index (Phi) is 5.19. The molecule has 0 amide bonds. The van der Waals surface area contributed by atoms with Crippen molar-refractivity contribution < 1.29 is 19.9 Å². The van der Waals surface area contributed by atoms with Gasteiger partial charge < -0.3 is 15.5 Å². The van der Waals surface area contributed by atoms with Crippen LogP contribution in [0.2, 0.25) is 0 Å². The van der Waals surface area contributed by atoms with E-state index in [4.69, 9.17) is 10.2 Å². The molecule has 1 rings (SSSR count). The fourth-order valence-electron chi connectivity index (χ4n) is 1.45. The van der Waals surface area contributed by atoms with Crippen LogP contribution in [0.5, 0.6) is 0 Å². The van der Waals surface area contributed by atoms with Gasteiger partial charge in [-0.15, -0.1) is 0 Å². The van der Waals surface area contributed by atoms with Crippen LogP contribution in [0.4, 0.5) is 11.5 Å². The Balaban J connectivity index is 2.80. The number of carboxylic acids is 1. The third kappa shape index (κ3) is 4.51. The highest BCUT2D eigenvalue weighted by Crippen LogP contribution is 2.22. The maximum Gasteiger partial charge on any atom is 0.354 e. The predicted molar refractivity (Wildman–Crippen MR) is 67.3 cm³/mol. The standard InChI is InChI=1S/C11H15N3O5/c1-7(15)3-2-6-12-10-9(14(18)19)5-4-8(13-10)11(16)17/h4-5,7,15H,2-3,6H2,1H3,(H,12,13)(H,16,17). The van der Waals surface area contributed by atoms with Gasteiger partial charge in [-0.05, 0) is 25.8 Å². The Labute approximate surface area is 109 Å². The van der Waals surface area contributed by atoms with Gasteiger partial charge in [0.2, 0.25) is 5.82 Å². The van der Waals surface area contributed by atoms with Crippen molar-refractivity contribution in [3.05, 3.63) is 27.9 Å². The summed E-state index contributed by atoms with van der Waals surface area (Å²) in [6.45, 7) is 2.01. The van der Waals surface area contributed by atoms with E-state index in [2.05, 4.69) is 10.3 Å². The minimum Gasteiger partial charge on any atom is -0.477 e. The molecule has 1 heterocycles. The van der Waals surface area contributed by atoms with Crippen LogP contribution in [0.25, 0.3) is 0 Å². The number of pyridine rings is 1. The number of carboxylic acid groups (broad SMARTS) is 1. The van der Waals surface area contributed by atoms with Crippen LogP contribution in [0.15, 0.2) is 12.1 Å². The zero-order valence-corrected chi connectivity index (χ0v) is 10.4. The van der Waals surface area contributed by atoms with Gasteiger partial charge in [-0.3, -0.25) is 10.1 Å². The molecule has 3 N–H and O–H groups in total. The van der Waals surface area contributed by atoms with Gasteiger partial charge in [0.1, 0.15) is 0 Å². The summed E-state index contributed by atoms with van der Waals surface area (Å²) >= 11 is 0. The molecule has 0 aromatic carbocycles. The quantitative estimate of drug-likeness (QED) is 0.386. The largest absolute Gasteiger partial charge is 0.477 e. The lowest BCUT2D eigenvalue weighted by Gasteiger charge is -2.07. The highest BCUT2D eigenvalue weighted by Gasteiger charge is 2.17. The van der Waals surface area contributed by atoms with E-state index in [1.807, 2.05) is 0 Å². The number of nitrogens with one attached hydrogen (secondary N) is 1. The Bertz CT molecular complexity index is 475. The van der Waals surface area contributed by atoms with E-state index in [-0.39, 0.29) is 17.2 Å². The van der Waals surface area contributed by atoms with Crippen molar-refractivity contribution >= 4 is 17.5 Å². The Morgan fingerprint density at radius 2 is 2.26 bits per heavy atom. The SMILES string of the molecule is CC(O)CCCNc1nc(C(=O)O)ccc1[N+](=O)[O-]. The number of aromatic carboxylic acids is 1. The summed E-state index contributed by atoms with van der Waals surface area (Å²) in [5, 5.41) is 31.4. The molecular formula is C11H15N3O5. The Morgan fingerprint density at radius 1 is 1.58 bits per heavy atom. The molecule has 1 atom stereocenters. The van der Waals surface area contributed by atoms with Gasteiger partial charge >= 0.3 is 11.7 Å². The summed E-state index contributed by atoms with van der Waals surface area (Å²) in [4.78, 5) is 24.6. The summed E-state index contributed by atoms with van der Waals surface area (Å²) in [5.41, 5.74) is -0.536. The minimum absolute atomic E-state index is 0.0736. The Morgan fingerprint density at radius 3 is 2.79 bits per heavy atom. The zero-order valence-electron chi connectivity index (χ0n) is 10.4. The average Bonchev–Trinajstić information content (AvgIpc) is 2.33. The fourth-order valence-corrected chi connectivity index (χ4v) is 1.45. The van der Waals surface area contributed by atoms with Crippen LogP contribution in [0, 0.1) is 10.1 Å². The predicted octanol–water partition coefficient (Wildman–Crippen LogP) is 1.26. The lowest BCUT2D eigenvalue weighted by molar-refractivity contribution is -0.384. The van der Waals surface area contributed by atoms with Gasteiger partial charge in [0, 0.05) is 12.6 Å². The number of rotatable bonds is 7. The number of aliphatic hydroxyl groups is 1. The number of aromatic nitrogens is 1. The molecule has 0 aliphatic carbocycles. The Hall–Kier alpha value is -2.22. The van der Waals surface area contributed by atoms with Crippen molar-refractivity contribution in [3.8, 4) is 0 Å². The van der Waals surface area contributed by atoms with Crippen molar-refractivity contribution in [2.45, 2.75) is 25.9 Å². The molecule has 0 aliphatic rings. The van der Waals surface area contributed by atoms with Crippen molar-refractivity contribution in [2.24, 2.45) is 0 Å². The molecule has 0 saturated heterocycles. The van der Waals surface area contributed by atoms with Crippen LogP contribution < -0.4 is 5.32 Å². The number of nitrogens with zero attached hydrogens (tertiary/aromatic N) is 2. The van der Waals surface area contributed by atoms with E-state index in [0.29, 0.717) is 19.4 Å². The topological polar surface area (TPSA) is 126 Å². The average molecular weight is 269 g/mol. The van der Waals surface area contributed by atoms with Gasteiger partial charge in [0.05, 0.1) is 11.0 Å². The summed E-state index contributed by atoms with van der Waals surface area (Å²) < 4.78 is 0.